The highest BCUT2D eigenvalue weighted by molar-refractivity contribution is 8.00. The van der Waals surface area contributed by atoms with Gasteiger partial charge < -0.3 is 5.11 Å². The summed E-state index contributed by atoms with van der Waals surface area (Å²) < 4.78 is 0. The lowest BCUT2D eigenvalue weighted by molar-refractivity contribution is -0.133. The average Bonchev–Trinajstić information content (AvgIpc) is 2.50. The van der Waals surface area contributed by atoms with Crippen LogP contribution in [0.5, 0.6) is 0 Å². The molecular weight excluding hydrogens is 292 g/mol. The third kappa shape index (κ3) is 18.5. The summed E-state index contributed by atoms with van der Waals surface area (Å²) in [5, 5.41) is 8.47. The van der Waals surface area contributed by atoms with E-state index < -0.39 is 5.97 Å². The first-order chi connectivity index (χ1) is 10.8. The summed E-state index contributed by atoms with van der Waals surface area (Å²) in [6, 6.07) is 0. The SMILES string of the molecule is CC/C=C\C/C=C\C/C=C\C/C=C\C/C=C\CSCC(=O)O. The van der Waals surface area contributed by atoms with E-state index in [1.54, 1.807) is 0 Å². The molecule has 0 aliphatic heterocycles. The van der Waals surface area contributed by atoms with Crippen LogP contribution in [0.15, 0.2) is 60.8 Å². The Labute approximate surface area is 139 Å². The van der Waals surface area contributed by atoms with Crippen molar-refractivity contribution in [2.45, 2.75) is 39.0 Å². The maximum atomic E-state index is 10.3. The molecule has 0 amide bonds. The van der Waals surface area contributed by atoms with E-state index in [0.717, 1.165) is 37.9 Å². The van der Waals surface area contributed by atoms with Gasteiger partial charge in [-0.3, -0.25) is 4.79 Å². The first-order valence-electron chi connectivity index (χ1n) is 7.81. The van der Waals surface area contributed by atoms with Crippen molar-refractivity contribution in [3.8, 4) is 0 Å². The van der Waals surface area contributed by atoms with E-state index in [9.17, 15) is 4.79 Å². The quantitative estimate of drug-likeness (QED) is 0.357. The molecule has 3 heteroatoms. The van der Waals surface area contributed by atoms with Crippen LogP contribution in [0.25, 0.3) is 0 Å². The smallest absolute Gasteiger partial charge is 0.313 e. The van der Waals surface area contributed by atoms with Crippen LogP contribution in [0.4, 0.5) is 0 Å². The summed E-state index contributed by atoms with van der Waals surface area (Å²) >= 11 is 1.41. The zero-order valence-corrected chi connectivity index (χ0v) is 14.3. The molecule has 122 valence electrons. The lowest BCUT2D eigenvalue weighted by Gasteiger charge is -1.90. The number of carboxylic acids is 1. The minimum atomic E-state index is -0.752. The maximum Gasteiger partial charge on any atom is 0.313 e. The number of carboxylic acid groups (broad SMARTS) is 1. The Balaban J connectivity index is 3.46. The number of rotatable bonds is 13. The van der Waals surface area contributed by atoms with Crippen LogP contribution in [0, 0.1) is 0 Å². The summed E-state index contributed by atoms with van der Waals surface area (Å²) in [4.78, 5) is 10.3. The van der Waals surface area contributed by atoms with E-state index in [0.29, 0.717) is 0 Å². The van der Waals surface area contributed by atoms with Crippen molar-refractivity contribution >= 4 is 17.7 Å². The highest BCUT2D eigenvalue weighted by Crippen LogP contribution is 2.00. The van der Waals surface area contributed by atoms with Gasteiger partial charge in [0, 0.05) is 5.75 Å². The van der Waals surface area contributed by atoms with Gasteiger partial charge in [0.1, 0.15) is 0 Å². The second-order valence-corrected chi connectivity index (χ2v) is 5.65. The number of carbonyl (C=O) groups is 1. The molecule has 0 heterocycles. The van der Waals surface area contributed by atoms with E-state index >= 15 is 0 Å². The monoisotopic (exact) mass is 320 g/mol. The summed E-state index contributed by atoms with van der Waals surface area (Å²) in [6.07, 6.45) is 26.5. The topological polar surface area (TPSA) is 37.3 Å². The molecule has 0 aromatic carbocycles. The van der Waals surface area contributed by atoms with Crippen molar-refractivity contribution in [1.82, 2.24) is 0 Å². The molecule has 1 N–H and O–H groups in total. The van der Waals surface area contributed by atoms with Crippen molar-refractivity contribution in [1.29, 1.82) is 0 Å². The third-order valence-corrected chi connectivity index (χ3v) is 3.48. The van der Waals surface area contributed by atoms with Gasteiger partial charge >= 0.3 is 5.97 Å². The van der Waals surface area contributed by atoms with Crippen molar-refractivity contribution in [2.75, 3.05) is 11.5 Å². The minimum Gasteiger partial charge on any atom is -0.481 e. The molecule has 0 aliphatic rings. The van der Waals surface area contributed by atoms with Crippen molar-refractivity contribution in [3.05, 3.63) is 60.8 Å². The standard InChI is InChI=1S/C19H28O2S/c1-2-3-4-5-6-7-8-9-10-11-12-13-14-15-16-17-22-18-19(20)21/h3-4,6-7,9-10,12-13,15-16H,2,5,8,11,14,17-18H2,1H3,(H,20,21)/b4-3-,7-6-,10-9-,13-12-,16-15-. The summed E-state index contributed by atoms with van der Waals surface area (Å²) in [5.41, 5.74) is 0. The number of thioether (sulfide) groups is 1. The second-order valence-electron chi connectivity index (χ2n) is 4.62. The lowest BCUT2D eigenvalue weighted by atomic mass is 10.2. The van der Waals surface area contributed by atoms with Crippen molar-refractivity contribution in [2.24, 2.45) is 0 Å². The van der Waals surface area contributed by atoms with Gasteiger partial charge in [-0.15, -0.1) is 11.8 Å². The van der Waals surface area contributed by atoms with Gasteiger partial charge in [0.05, 0.1) is 5.75 Å². The van der Waals surface area contributed by atoms with Crippen LogP contribution in [0.1, 0.15) is 39.0 Å². The van der Waals surface area contributed by atoms with E-state index in [4.69, 9.17) is 5.11 Å². The zero-order valence-electron chi connectivity index (χ0n) is 13.5. The minimum absolute atomic E-state index is 0.175. The van der Waals surface area contributed by atoms with Gasteiger partial charge in [0.2, 0.25) is 0 Å². The lowest BCUT2D eigenvalue weighted by Crippen LogP contribution is -1.97. The van der Waals surface area contributed by atoms with E-state index in [1.165, 1.54) is 11.8 Å². The number of allylic oxidation sites excluding steroid dienone is 9. The number of aliphatic carboxylic acids is 1. The summed E-state index contributed by atoms with van der Waals surface area (Å²) in [5.74, 6) is 0.186. The molecule has 0 bridgehead atoms. The molecule has 0 aromatic heterocycles. The van der Waals surface area contributed by atoms with Crippen LogP contribution >= 0.6 is 11.8 Å². The highest BCUT2D eigenvalue weighted by Gasteiger charge is 1.92. The molecule has 0 fully saturated rings. The molecule has 0 unspecified atom stereocenters. The third-order valence-electron chi connectivity index (χ3n) is 2.60. The van der Waals surface area contributed by atoms with Gasteiger partial charge in [0.15, 0.2) is 0 Å². The fourth-order valence-electron chi connectivity index (χ4n) is 1.53. The Morgan fingerprint density at radius 2 is 1.18 bits per heavy atom. The normalized spacial score (nSPS) is 12.8. The molecular formula is C19H28O2S. The van der Waals surface area contributed by atoms with Crippen molar-refractivity contribution in [3.63, 3.8) is 0 Å². The van der Waals surface area contributed by atoms with Crippen LogP contribution in [-0.4, -0.2) is 22.6 Å². The van der Waals surface area contributed by atoms with Gasteiger partial charge in [0.25, 0.3) is 0 Å². The molecule has 0 radical (unpaired) electrons. The molecule has 0 saturated carbocycles. The molecule has 0 aliphatic carbocycles. The molecule has 0 spiro atoms. The molecule has 2 nitrogen and oxygen atoms in total. The first kappa shape index (κ1) is 20.5. The zero-order chi connectivity index (χ0) is 16.3. The Morgan fingerprint density at radius 3 is 1.59 bits per heavy atom. The Bertz CT molecular complexity index is 404. The van der Waals surface area contributed by atoms with Crippen LogP contribution in [-0.2, 0) is 4.79 Å². The first-order valence-corrected chi connectivity index (χ1v) is 8.97. The predicted octanol–water partition coefficient (Wildman–Crippen LogP) is 5.56. The number of hydrogen-bond acceptors (Lipinski definition) is 2. The maximum absolute atomic E-state index is 10.3. The van der Waals surface area contributed by atoms with Gasteiger partial charge in [-0.1, -0.05) is 67.7 Å². The van der Waals surface area contributed by atoms with Crippen LogP contribution in [0.2, 0.25) is 0 Å². The van der Waals surface area contributed by atoms with Gasteiger partial charge in [-0.05, 0) is 32.1 Å². The van der Waals surface area contributed by atoms with E-state index in [2.05, 4.69) is 61.6 Å². The Morgan fingerprint density at radius 1 is 0.773 bits per heavy atom. The second kappa shape index (κ2) is 17.6. The fourth-order valence-corrected chi connectivity index (χ4v) is 2.10. The number of hydrogen-bond donors (Lipinski definition) is 1. The molecule has 0 atom stereocenters. The molecule has 22 heavy (non-hydrogen) atoms. The predicted molar refractivity (Wildman–Crippen MR) is 99.4 cm³/mol. The molecule has 0 aromatic rings. The highest BCUT2D eigenvalue weighted by atomic mass is 32.2. The van der Waals surface area contributed by atoms with Gasteiger partial charge in [-0.25, -0.2) is 0 Å². The largest absolute Gasteiger partial charge is 0.481 e. The summed E-state index contributed by atoms with van der Waals surface area (Å²) in [6.45, 7) is 2.14. The van der Waals surface area contributed by atoms with Gasteiger partial charge in [-0.2, -0.15) is 0 Å². The van der Waals surface area contributed by atoms with Crippen molar-refractivity contribution < 1.29 is 9.90 Å². The van der Waals surface area contributed by atoms with E-state index in [1.807, 2.05) is 6.08 Å². The molecule has 0 saturated heterocycles. The Kier molecular flexibility index (Phi) is 16.4. The van der Waals surface area contributed by atoms with Crippen LogP contribution < -0.4 is 0 Å². The summed E-state index contributed by atoms with van der Waals surface area (Å²) in [7, 11) is 0. The fraction of sp³-hybridized carbons (Fsp3) is 0.421. The average molecular weight is 320 g/mol. The Hall–Kier alpha value is -1.48. The van der Waals surface area contributed by atoms with Crippen LogP contribution in [0.3, 0.4) is 0 Å². The molecule has 0 rings (SSSR count). The van der Waals surface area contributed by atoms with E-state index in [-0.39, 0.29) is 5.75 Å².